The van der Waals surface area contributed by atoms with E-state index >= 15 is 0 Å². The summed E-state index contributed by atoms with van der Waals surface area (Å²) in [6.45, 7) is 4.56. The van der Waals surface area contributed by atoms with Crippen LogP contribution < -0.4 is 9.47 Å². The molecule has 148 valence electrons. The zero-order chi connectivity index (χ0) is 19.9. The number of nitrogens with zero attached hydrogens (tertiary/aromatic N) is 1. The number of nitrogens with one attached hydrogen (secondary N) is 1. The Balaban J connectivity index is 1.49. The number of benzene rings is 2. The molecular formula is C21H24N2O4S. The monoisotopic (exact) mass is 400 g/mol. The molecule has 0 aliphatic heterocycles. The van der Waals surface area contributed by atoms with E-state index in [1.54, 1.807) is 24.3 Å². The lowest BCUT2D eigenvalue weighted by Crippen LogP contribution is -2.20. The Kier molecular flexibility index (Phi) is 6.95. The van der Waals surface area contributed by atoms with Gasteiger partial charge in [0, 0.05) is 23.8 Å². The van der Waals surface area contributed by atoms with E-state index in [4.69, 9.17) is 9.47 Å². The number of carbonyl (C=O) groups excluding carboxylic acids is 1. The molecule has 0 radical (unpaired) electrons. The number of ketones is 1. The van der Waals surface area contributed by atoms with Gasteiger partial charge in [-0.3, -0.25) is 4.79 Å². The largest absolute Gasteiger partial charge is 0.494 e. The number of carbonyl (C=O) groups is 1. The first-order chi connectivity index (χ1) is 13.6. The average molecular weight is 401 g/mol. The van der Waals surface area contributed by atoms with Gasteiger partial charge in [0.1, 0.15) is 18.1 Å². The molecule has 0 bridgehead atoms. The minimum atomic E-state index is -0.644. The van der Waals surface area contributed by atoms with Crippen molar-refractivity contribution >= 4 is 28.6 Å². The maximum atomic E-state index is 11.6. The summed E-state index contributed by atoms with van der Waals surface area (Å²) < 4.78 is 11.1. The number of fused-ring (bicyclic) bond motifs is 1. The van der Waals surface area contributed by atoms with Gasteiger partial charge in [-0.2, -0.15) is 0 Å². The van der Waals surface area contributed by atoms with Crippen LogP contribution in [-0.4, -0.2) is 45.9 Å². The molecule has 0 aliphatic carbocycles. The summed E-state index contributed by atoms with van der Waals surface area (Å²) in [7, 11) is 0. The van der Waals surface area contributed by atoms with Crippen molar-refractivity contribution in [2.45, 2.75) is 31.5 Å². The van der Waals surface area contributed by atoms with E-state index in [-0.39, 0.29) is 12.4 Å². The molecule has 0 fully saturated rings. The number of thioether (sulfide) groups is 1. The van der Waals surface area contributed by atoms with Crippen molar-refractivity contribution in [1.29, 1.82) is 0 Å². The quantitative estimate of drug-likeness (QED) is 0.394. The molecule has 3 rings (SSSR count). The number of aromatic amines is 1. The van der Waals surface area contributed by atoms with E-state index in [1.165, 1.54) is 11.8 Å². The van der Waals surface area contributed by atoms with Crippen LogP contribution in [-0.2, 0) is 0 Å². The number of aromatic nitrogens is 2. The van der Waals surface area contributed by atoms with E-state index in [0.717, 1.165) is 21.9 Å². The fraction of sp³-hybridized carbons (Fsp3) is 0.333. The van der Waals surface area contributed by atoms with E-state index in [2.05, 4.69) is 9.97 Å². The minimum Gasteiger partial charge on any atom is -0.494 e. The number of rotatable bonds is 10. The molecule has 0 spiro atoms. The van der Waals surface area contributed by atoms with Crippen LogP contribution in [0.4, 0.5) is 0 Å². The Bertz CT molecular complexity index is 924. The summed E-state index contributed by atoms with van der Waals surface area (Å²) in [5.74, 6) is 1.98. The topological polar surface area (TPSA) is 84.4 Å². The van der Waals surface area contributed by atoms with E-state index in [0.29, 0.717) is 30.1 Å². The number of hydrogen-bond donors (Lipinski definition) is 2. The average Bonchev–Trinajstić information content (AvgIpc) is 3.13. The highest BCUT2D eigenvalue weighted by Crippen LogP contribution is 2.24. The minimum absolute atomic E-state index is 0.0993. The normalized spacial score (nSPS) is 12.1. The molecular weight excluding hydrogens is 376 g/mol. The number of aliphatic hydroxyl groups is 1. The Morgan fingerprint density at radius 1 is 1.14 bits per heavy atom. The molecule has 2 N–H and O–H groups in total. The lowest BCUT2D eigenvalue weighted by Gasteiger charge is -2.11. The molecule has 0 saturated carbocycles. The molecule has 28 heavy (non-hydrogen) atoms. The van der Waals surface area contributed by atoms with E-state index < -0.39 is 6.10 Å². The Morgan fingerprint density at radius 2 is 1.89 bits per heavy atom. The molecule has 6 nitrogen and oxygen atoms in total. The van der Waals surface area contributed by atoms with Crippen molar-refractivity contribution in [1.82, 2.24) is 9.97 Å². The van der Waals surface area contributed by atoms with Gasteiger partial charge >= 0.3 is 0 Å². The predicted molar refractivity (Wildman–Crippen MR) is 111 cm³/mol. The first-order valence-electron chi connectivity index (χ1n) is 9.28. The standard InChI is InChI=1S/C21H24N2O4S/c1-3-20(25)14-5-7-16(8-6-14)27-12-15(24)13-28-21-22-18-10-9-17(26-4-2)11-19(18)23-21/h5-11,15,24H,3-4,12-13H2,1-2H3,(H,22,23). The summed E-state index contributed by atoms with van der Waals surface area (Å²) in [5, 5.41) is 10.9. The van der Waals surface area contributed by atoms with Crippen LogP contribution in [0.2, 0.25) is 0 Å². The first kappa shape index (κ1) is 20.2. The summed E-state index contributed by atoms with van der Waals surface area (Å²) in [6.07, 6.45) is -0.167. The van der Waals surface area contributed by atoms with Crippen molar-refractivity contribution in [3.05, 3.63) is 48.0 Å². The summed E-state index contributed by atoms with van der Waals surface area (Å²) in [4.78, 5) is 19.4. The Morgan fingerprint density at radius 3 is 2.61 bits per heavy atom. The lowest BCUT2D eigenvalue weighted by atomic mass is 10.1. The van der Waals surface area contributed by atoms with Crippen LogP contribution in [0.15, 0.2) is 47.6 Å². The maximum absolute atomic E-state index is 11.6. The molecule has 1 heterocycles. The Labute approximate surface area is 168 Å². The van der Waals surface area contributed by atoms with E-state index in [9.17, 15) is 9.90 Å². The highest BCUT2D eigenvalue weighted by Gasteiger charge is 2.10. The van der Waals surface area contributed by atoms with Crippen LogP contribution in [0.25, 0.3) is 11.0 Å². The van der Waals surface area contributed by atoms with Crippen molar-refractivity contribution in [3.8, 4) is 11.5 Å². The third-order valence-electron chi connectivity index (χ3n) is 4.09. The van der Waals surface area contributed by atoms with Crippen molar-refractivity contribution < 1.29 is 19.4 Å². The van der Waals surface area contributed by atoms with Gasteiger partial charge < -0.3 is 19.6 Å². The third kappa shape index (κ3) is 5.27. The predicted octanol–water partition coefficient (Wildman–Crippen LogP) is 4.09. The van der Waals surface area contributed by atoms with Gasteiger partial charge in [0.05, 0.1) is 23.7 Å². The van der Waals surface area contributed by atoms with Crippen LogP contribution in [0.3, 0.4) is 0 Å². The smallest absolute Gasteiger partial charge is 0.166 e. The van der Waals surface area contributed by atoms with Gasteiger partial charge in [-0.05, 0) is 43.3 Å². The third-order valence-corrected chi connectivity index (χ3v) is 5.11. The number of H-pyrrole nitrogens is 1. The molecule has 0 saturated heterocycles. The van der Waals surface area contributed by atoms with Gasteiger partial charge in [0.2, 0.25) is 0 Å². The fourth-order valence-corrected chi connectivity index (χ4v) is 3.44. The number of ether oxygens (including phenoxy) is 2. The van der Waals surface area contributed by atoms with Crippen LogP contribution in [0, 0.1) is 0 Å². The lowest BCUT2D eigenvalue weighted by molar-refractivity contribution is 0.0987. The molecule has 7 heteroatoms. The van der Waals surface area contributed by atoms with Crippen LogP contribution >= 0.6 is 11.8 Å². The first-order valence-corrected chi connectivity index (χ1v) is 10.3. The molecule has 2 aromatic carbocycles. The number of Topliss-reactive ketones (excluding diaryl/α,β-unsaturated/α-hetero) is 1. The molecule has 1 unspecified atom stereocenters. The fourth-order valence-electron chi connectivity index (χ4n) is 2.65. The zero-order valence-corrected chi connectivity index (χ0v) is 16.8. The SMILES string of the molecule is CCOc1ccc2nc(SCC(O)COc3ccc(C(=O)CC)cc3)[nH]c2c1. The van der Waals surface area contributed by atoms with Crippen molar-refractivity contribution in [2.24, 2.45) is 0 Å². The number of hydrogen-bond acceptors (Lipinski definition) is 6. The van der Waals surface area contributed by atoms with Gasteiger partial charge in [-0.15, -0.1) is 0 Å². The van der Waals surface area contributed by atoms with Crippen LogP contribution in [0.5, 0.6) is 11.5 Å². The van der Waals surface area contributed by atoms with Crippen molar-refractivity contribution in [2.75, 3.05) is 19.0 Å². The maximum Gasteiger partial charge on any atom is 0.166 e. The summed E-state index contributed by atoms with van der Waals surface area (Å²) >= 11 is 1.44. The van der Waals surface area contributed by atoms with Gasteiger partial charge in [0.15, 0.2) is 10.9 Å². The molecule has 1 atom stereocenters. The summed E-state index contributed by atoms with van der Waals surface area (Å²) in [5.41, 5.74) is 2.43. The van der Waals surface area contributed by atoms with Gasteiger partial charge in [-0.25, -0.2) is 4.98 Å². The summed E-state index contributed by atoms with van der Waals surface area (Å²) in [6, 6.07) is 12.7. The number of aliphatic hydroxyl groups excluding tert-OH is 1. The highest BCUT2D eigenvalue weighted by molar-refractivity contribution is 7.99. The van der Waals surface area contributed by atoms with Crippen LogP contribution in [0.1, 0.15) is 30.6 Å². The second kappa shape index (κ2) is 9.61. The van der Waals surface area contributed by atoms with E-state index in [1.807, 2.05) is 32.0 Å². The van der Waals surface area contributed by atoms with Gasteiger partial charge in [0.25, 0.3) is 0 Å². The zero-order valence-electron chi connectivity index (χ0n) is 16.0. The Hall–Kier alpha value is -2.51. The highest BCUT2D eigenvalue weighted by atomic mass is 32.2. The second-order valence-corrected chi connectivity index (χ2v) is 7.24. The van der Waals surface area contributed by atoms with Gasteiger partial charge in [-0.1, -0.05) is 18.7 Å². The number of imidazole rings is 1. The molecule has 3 aromatic rings. The van der Waals surface area contributed by atoms with Crippen molar-refractivity contribution in [3.63, 3.8) is 0 Å². The molecule has 0 aliphatic rings. The second-order valence-electron chi connectivity index (χ2n) is 6.23. The molecule has 1 aromatic heterocycles. The molecule has 0 amide bonds.